The molecular weight excluding hydrogens is 362 g/mol. The van der Waals surface area contributed by atoms with Gasteiger partial charge in [0.05, 0.1) is 4.90 Å². The van der Waals surface area contributed by atoms with Gasteiger partial charge in [-0.2, -0.15) is 8.42 Å². The van der Waals surface area contributed by atoms with Gasteiger partial charge in [-0.3, -0.25) is 4.55 Å². The lowest BCUT2D eigenvalue weighted by molar-refractivity contribution is 0.483. The largest absolute Gasteiger partial charge is 0.399 e. The summed E-state index contributed by atoms with van der Waals surface area (Å²) in [6, 6.07) is 9.16. The number of nitrogen functional groups attached to an aromatic ring is 1. The van der Waals surface area contributed by atoms with Crippen LogP contribution in [0.2, 0.25) is 0 Å². The second-order valence-corrected chi connectivity index (χ2v) is 8.22. The van der Waals surface area contributed by atoms with Gasteiger partial charge in [0.2, 0.25) is 0 Å². The van der Waals surface area contributed by atoms with Gasteiger partial charge in [-0.1, -0.05) is 44.2 Å². The van der Waals surface area contributed by atoms with Gasteiger partial charge in [0, 0.05) is 5.69 Å². The molecular formula is C17H19NO5S2. The summed E-state index contributed by atoms with van der Waals surface area (Å²) in [5.41, 5.74) is 7.27. The SMILES string of the molecule is CC(C)c1ccc(/C=C/c2ccc(N)cc2S(=O)(=O)O)c([SH](=O)=O)c1. The molecule has 134 valence electrons. The average Bonchev–Trinajstić information content (AvgIpc) is 2.52. The topological polar surface area (TPSA) is 115 Å². The molecule has 0 aromatic heterocycles. The van der Waals surface area contributed by atoms with Gasteiger partial charge >= 0.3 is 0 Å². The minimum Gasteiger partial charge on any atom is -0.399 e. The molecule has 2 aromatic rings. The Kier molecular flexibility index (Phi) is 5.66. The third kappa shape index (κ3) is 4.68. The zero-order chi connectivity index (χ0) is 18.8. The number of anilines is 1. The molecule has 0 spiro atoms. The summed E-state index contributed by atoms with van der Waals surface area (Å²) >= 11 is 0. The molecule has 0 saturated heterocycles. The lowest BCUT2D eigenvalue weighted by Crippen LogP contribution is -2.02. The summed E-state index contributed by atoms with van der Waals surface area (Å²) in [4.78, 5) is -0.183. The number of hydrogen-bond acceptors (Lipinski definition) is 5. The van der Waals surface area contributed by atoms with Gasteiger partial charge < -0.3 is 5.73 Å². The third-order valence-electron chi connectivity index (χ3n) is 3.68. The average molecular weight is 381 g/mol. The van der Waals surface area contributed by atoms with Crippen LogP contribution in [0.15, 0.2) is 46.2 Å². The van der Waals surface area contributed by atoms with Crippen LogP contribution in [-0.4, -0.2) is 21.4 Å². The number of rotatable bonds is 5. The molecule has 0 aliphatic carbocycles. The third-order valence-corrected chi connectivity index (χ3v) is 5.37. The van der Waals surface area contributed by atoms with Crippen LogP contribution in [0.25, 0.3) is 12.2 Å². The first-order chi connectivity index (χ1) is 11.6. The first-order valence-electron chi connectivity index (χ1n) is 7.43. The van der Waals surface area contributed by atoms with E-state index in [-0.39, 0.29) is 27.0 Å². The minimum absolute atomic E-state index is 0.154. The second kappa shape index (κ2) is 7.38. The van der Waals surface area contributed by atoms with E-state index in [0.717, 1.165) is 11.6 Å². The van der Waals surface area contributed by atoms with E-state index in [1.807, 2.05) is 19.9 Å². The predicted octanol–water partition coefficient (Wildman–Crippen LogP) is 2.78. The summed E-state index contributed by atoms with van der Waals surface area (Å²) < 4.78 is 55.3. The number of hydrogen-bond donors (Lipinski definition) is 3. The molecule has 2 aromatic carbocycles. The van der Waals surface area contributed by atoms with Crippen LogP contribution in [0.5, 0.6) is 0 Å². The van der Waals surface area contributed by atoms with E-state index in [1.54, 1.807) is 12.1 Å². The summed E-state index contributed by atoms with van der Waals surface area (Å²) in [6.45, 7) is 3.92. The Morgan fingerprint density at radius 3 is 2.20 bits per heavy atom. The molecule has 25 heavy (non-hydrogen) atoms. The highest BCUT2D eigenvalue weighted by Gasteiger charge is 2.14. The van der Waals surface area contributed by atoms with E-state index < -0.39 is 20.8 Å². The van der Waals surface area contributed by atoms with Crippen molar-refractivity contribution in [2.45, 2.75) is 29.6 Å². The molecule has 0 bridgehead atoms. The maximum atomic E-state index is 11.5. The smallest absolute Gasteiger partial charge is 0.295 e. The maximum absolute atomic E-state index is 11.5. The Bertz CT molecular complexity index is 998. The van der Waals surface area contributed by atoms with Crippen LogP contribution in [0, 0.1) is 0 Å². The maximum Gasteiger partial charge on any atom is 0.295 e. The highest BCUT2D eigenvalue weighted by Crippen LogP contribution is 2.24. The van der Waals surface area contributed by atoms with Crippen molar-refractivity contribution in [2.24, 2.45) is 0 Å². The molecule has 0 amide bonds. The zero-order valence-corrected chi connectivity index (χ0v) is 15.4. The van der Waals surface area contributed by atoms with Gasteiger partial charge in [-0.25, -0.2) is 8.42 Å². The molecule has 0 radical (unpaired) electrons. The Morgan fingerprint density at radius 2 is 1.64 bits per heavy atom. The molecule has 0 saturated carbocycles. The molecule has 8 heteroatoms. The van der Waals surface area contributed by atoms with Crippen LogP contribution in [0.4, 0.5) is 5.69 Å². The number of nitrogens with two attached hydrogens (primary N) is 1. The monoisotopic (exact) mass is 381 g/mol. The Morgan fingerprint density at radius 1 is 1.04 bits per heavy atom. The van der Waals surface area contributed by atoms with E-state index in [4.69, 9.17) is 5.73 Å². The quantitative estimate of drug-likeness (QED) is 0.317. The second-order valence-electron chi connectivity index (χ2n) is 5.84. The molecule has 0 fully saturated rings. The number of thiol groups is 1. The summed E-state index contributed by atoms with van der Waals surface area (Å²) in [7, 11) is -7.27. The van der Waals surface area contributed by atoms with E-state index >= 15 is 0 Å². The minimum atomic E-state index is -4.46. The van der Waals surface area contributed by atoms with Crippen molar-refractivity contribution < 1.29 is 21.4 Å². The molecule has 0 atom stereocenters. The van der Waals surface area contributed by atoms with Crippen LogP contribution < -0.4 is 5.73 Å². The first-order valence-corrected chi connectivity index (χ1v) is 10.0. The Hall–Kier alpha value is -2.16. The van der Waals surface area contributed by atoms with Crippen LogP contribution in [0.1, 0.15) is 36.5 Å². The fourth-order valence-corrected chi connectivity index (χ4v) is 3.64. The van der Waals surface area contributed by atoms with Crippen molar-refractivity contribution in [1.29, 1.82) is 0 Å². The Labute approximate surface area is 148 Å². The summed E-state index contributed by atoms with van der Waals surface area (Å²) in [6.07, 6.45) is 2.92. The van der Waals surface area contributed by atoms with E-state index in [1.165, 1.54) is 24.3 Å². The molecule has 0 unspecified atom stereocenters. The van der Waals surface area contributed by atoms with Crippen LogP contribution in [0.3, 0.4) is 0 Å². The molecule has 0 aliphatic rings. The van der Waals surface area contributed by atoms with E-state index in [2.05, 4.69) is 0 Å². The lowest BCUT2D eigenvalue weighted by Gasteiger charge is -2.08. The van der Waals surface area contributed by atoms with Gasteiger partial charge in [-0.05, 0) is 40.8 Å². The van der Waals surface area contributed by atoms with Crippen molar-refractivity contribution in [3.8, 4) is 0 Å². The lowest BCUT2D eigenvalue weighted by atomic mass is 10.0. The molecule has 6 nitrogen and oxygen atoms in total. The van der Waals surface area contributed by atoms with Gasteiger partial charge in [-0.15, -0.1) is 0 Å². The molecule has 0 aliphatic heterocycles. The fraction of sp³-hybridized carbons (Fsp3) is 0.176. The van der Waals surface area contributed by atoms with Crippen molar-refractivity contribution in [3.05, 3.63) is 53.1 Å². The first kappa shape index (κ1) is 19.2. The summed E-state index contributed by atoms with van der Waals surface area (Å²) in [5.74, 6) is 0.176. The molecule has 3 N–H and O–H groups in total. The van der Waals surface area contributed by atoms with Gasteiger partial charge in [0.25, 0.3) is 10.1 Å². The van der Waals surface area contributed by atoms with Crippen molar-refractivity contribution in [3.63, 3.8) is 0 Å². The molecule has 0 heterocycles. The summed E-state index contributed by atoms with van der Waals surface area (Å²) in [5, 5.41) is 0. The van der Waals surface area contributed by atoms with Gasteiger partial charge in [0.1, 0.15) is 4.90 Å². The Balaban J connectivity index is 2.54. The standard InChI is InChI=1S/C17H19NO5S2/c1-11(2)14-6-4-12(16(9-14)24(19)20)3-5-13-7-8-15(18)10-17(13)25(21,22)23/h3-11,24H,18H2,1-2H3,(H,21,22,23)/b5-3+. The fourth-order valence-electron chi connectivity index (χ4n) is 2.31. The van der Waals surface area contributed by atoms with Crippen LogP contribution >= 0.6 is 0 Å². The van der Waals surface area contributed by atoms with Crippen molar-refractivity contribution in [1.82, 2.24) is 0 Å². The predicted molar refractivity (Wildman–Crippen MR) is 98.7 cm³/mol. The van der Waals surface area contributed by atoms with Crippen molar-refractivity contribution >= 4 is 38.7 Å². The number of benzene rings is 2. The van der Waals surface area contributed by atoms with Crippen LogP contribution in [-0.2, 0) is 20.8 Å². The highest BCUT2D eigenvalue weighted by molar-refractivity contribution is 7.86. The van der Waals surface area contributed by atoms with Gasteiger partial charge in [0.15, 0.2) is 10.7 Å². The normalized spacial score (nSPS) is 12.4. The van der Waals surface area contributed by atoms with E-state index in [9.17, 15) is 21.4 Å². The zero-order valence-electron chi connectivity index (χ0n) is 13.7. The van der Waals surface area contributed by atoms with Crippen molar-refractivity contribution in [2.75, 3.05) is 5.73 Å². The van der Waals surface area contributed by atoms with E-state index in [0.29, 0.717) is 5.56 Å². The molecule has 2 rings (SSSR count). The highest BCUT2D eigenvalue weighted by atomic mass is 32.2.